The van der Waals surface area contributed by atoms with Crippen LogP contribution in [0.5, 0.6) is 0 Å². The fourth-order valence-electron chi connectivity index (χ4n) is 1.15. The van der Waals surface area contributed by atoms with E-state index in [1.165, 1.54) is 0 Å². The van der Waals surface area contributed by atoms with Crippen molar-refractivity contribution >= 4 is 21.6 Å². The molecule has 0 aliphatic heterocycles. The summed E-state index contributed by atoms with van der Waals surface area (Å²) in [6, 6.07) is 7.87. The monoisotopic (exact) mass is 252 g/mol. The second-order valence-electron chi connectivity index (χ2n) is 4.15. The summed E-state index contributed by atoms with van der Waals surface area (Å²) in [4.78, 5) is 0. The molecule has 2 nitrogen and oxygen atoms in total. The highest BCUT2D eigenvalue weighted by Gasteiger charge is 2.13. The molecule has 0 aliphatic rings. The lowest BCUT2D eigenvalue weighted by Crippen LogP contribution is -2.26. The van der Waals surface area contributed by atoms with E-state index in [1.54, 1.807) is 0 Å². The molecule has 0 unspecified atom stereocenters. The molecular formula is C11H13BrN2. The molecule has 0 heterocycles. The van der Waals surface area contributed by atoms with E-state index in [4.69, 9.17) is 5.26 Å². The zero-order valence-electron chi connectivity index (χ0n) is 8.56. The van der Waals surface area contributed by atoms with Gasteiger partial charge in [-0.2, -0.15) is 5.26 Å². The standard InChI is InChI=1S/C11H13BrN2/c1-11(2,3)14-10-6-4-5-9(12)8(10)7-13/h4-6,14H,1-3H3. The molecule has 3 heteroatoms. The van der Waals surface area contributed by atoms with Crippen molar-refractivity contribution in [2.45, 2.75) is 26.3 Å². The molecule has 0 fully saturated rings. The molecule has 74 valence electrons. The van der Waals surface area contributed by atoms with Crippen molar-refractivity contribution in [3.8, 4) is 6.07 Å². The van der Waals surface area contributed by atoms with E-state index in [0.717, 1.165) is 10.2 Å². The van der Waals surface area contributed by atoms with Gasteiger partial charge in [0.25, 0.3) is 0 Å². The van der Waals surface area contributed by atoms with E-state index in [-0.39, 0.29) is 5.54 Å². The molecule has 14 heavy (non-hydrogen) atoms. The number of rotatable bonds is 1. The van der Waals surface area contributed by atoms with Gasteiger partial charge in [-0.25, -0.2) is 0 Å². The van der Waals surface area contributed by atoms with Crippen LogP contribution in [0.1, 0.15) is 26.3 Å². The van der Waals surface area contributed by atoms with Crippen molar-refractivity contribution in [3.05, 3.63) is 28.2 Å². The van der Waals surface area contributed by atoms with Gasteiger partial charge in [-0.05, 0) is 48.8 Å². The van der Waals surface area contributed by atoms with Crippen LogP contribution in [0.2, 0.25) is 0 Å². The van der Waals surface area contributed by atoms with Crippen molar-refractivity contribution in [1.29, 1.82) is 5.26 Å². The second kappa shape index (κ2) is 4.02. The van der Waals surface area contributed by atoms with E-state index >= 15 is 0 Å². The third kappa shape index (κ3) is 2.74. The fourth-order valence-corrected chi connectivity index (χ4v) is 1.60. The summed E-state index contributed by atoms with van der Waals surface area (Å²) >= 11 is 3.35. The maximum Gasteiger partial charge on any atom is 0.103 e. The molecule has 0 saturated carbocycles. The Balaban J connectivity index is 3.10. The Kier molecular flexibility index (Phi) is 3.17. The van der Waals surface area contributed by atoms with E-state index in [0.29, 0.717) is 5.56 Å². The lowest BCUT2D eigenvalue weighted by molar-refractivity contribution is 0.634. The third-order valence-electron chi connectivity index (χ3n) is 1.64. The first-order chi connectivity index (χ1) is 6.44. The topological polar surface area (TPSA) is 35.8 Å². The van der Waals surface area contributed by atoms with E-state index in [1.807, 2.05) is 18.2 Å². The number of nitriles is 1. The molecule has 0 bridgehead atoms. The Morgan fingerprint density at radius 3 is 2.50 bits per heavy atom. The van der Waals surface area contributed by atoms with Gasteiger partial charge < -0.3 is 5.32 Å². The number of nitrogens with zero attached hydrogens (tertiary/aromatic N) is 1. The van der Waals surface area contributed by atoms with Crippen molar-refractivity contribution in [2.75, 3.05) is 5.32 Å². The Hall–Kier alpha value is -1.01. The molecule has 1 rings (SSSR count). The Bertz CT molecular complexity index is 372. The predicted octanol–water partition coefficient (Wildman–Crippen LogP) is 3.53. The Labute approximate surface area is 93.1 Å². The van der Waals surface area contributed by atoms with Gasteiger partial charge in [-0.1, -0.05) is 6.07 Å². The van der Waals surface area contributed by atoms with Crippen LogP contribution in [0.3, 0.4) is 0 Å². The summed E-state index contributed by atoms with van der Waals surface area (Å²) in [6.07, 6.45) is 0. The molecule has 0 aromatic heterocycles. The molecule has 1 aromatic rings. The highest BCUT2D eigenvalue weighted by Crippen LogP contribution is 2.25. The molecular weight excluding hydrogens is 240 g/mol. The Morgan fingerprint density at radius 2 is 2.00 bits per heavy atom. The van der Waals surface area contributed by atoms with E-state index in [9.17, 15) is 0 Å². The lowest BCUT2D eigenvalue weighted by Gasteiger charge is -2.23. The quantitative estimate of drug-likeness (QED) is 0.830. The second-order valence-corrected chi connectivity index (χ2v) is 5.00. The molecule has 0 amide bonds. The summed E-state index contributed by atoms with van der Waals surface area (Å²) in [5, 5.41) is 12.3. The van der Waals surface area contributed by atoms with E-state index < -0.39 is 0 Å². The first kappa shape index (κ1) is 11.1. The predicted molar refractivity (Wildman–Crippen MR) is 62.2 cm³/mol. The zero-order chi connectivity index (χ0) is 10.8. The molecule has 0 aliphatic carbocycles. The van der Waals surface area contributed by atoms with Gasteiger partial charge in [0.2, 0.25) is 0 Å². The van der Waals surface area contributed by atoms with Crippen LogP contribution < -0.4 is 5.32 Å². The number of benzene rings is 1. The van der Waals surface area contributed by atoms with Crippen LogP contribution in [-0.2, 0) is 0 Å². The van der Waals surface area contributed by atoms with Crippen LogP contribution in [0.15, 0.2) is 22.7 Å². The fraction of sp³-hybridized carbons (Fsp3) is 0.364. The Morgan fingerprint density at radius 1 is 1.36 bits per heavy atom. The van der Waals surface area contributed by atoms with Crippen LogP contribution in [-0.4, -0.2) is 5.54 Å². The van der Waals surface area contributed by atoms with Crippen molar-refractivity contribution in [1.82, 2.24) is 0 Å². The number of halogens is 1. The highest BCUT2D eigenvalue weighted by atomic mass is 79.9. The normalized spacial score (nSPS) is 10.8. The van der Waals surface area contributed by atoms with Gasteiger partial charge in [-0.3, -0.25) is 0 Å². The summed E-state index contributed by atoms with van der Waals surface area (Å²) in [7, 11) is 0. The molecule has 1 aromatic carbocycles. The summed E-state index contributed by atoms with van der Waals surface area (Å²) in [5.74, 6) is 0. The van der Waals surface area contributed by atoms with Gasteiger partial charge in [0.15, 0.2) is 0 Å². The van der Waals surface area contributed by atoms with Gasteiger partial charge in [0.05, 0.1) is 11.3 Å². The zero-order valence-corrected chi connectivity index (χ0v) is 10.1. The first-order valence-electron chi connectivity index (χ1n) is 4.41. The molecule has 0 saturated heterocycles. The molecule has 0 radical (unpaired) electrons. The summed E-state index contributed by atoms with van der Waals surface area (Å²) < 4.78 is 0.828. The van der Waals surface area contributed by atoms with Crippen molar-refractivity contribution in [2.24, 2.45) is 0 Å². The SMILES string of the molecule is CC(C)(C)Nc1cccc(Br)c1C#N. The first-order valence-corrected chi connectivity index (χ1v) is 5.20. The van der Waals surface area contributed by atoms with Gasteiger partial charge in [0, 0.05) is 10.0 Å². The number of nitrogens with one attached hydrogen (secondary N) is 1. The molecule has 1 N–H and O–H groups in total. The minimum absolute atomic E-state index is 0.0353. The largest absolute Gasteiger partial charge is 0.379 e. The minimum Gasteiger partial charge on any atom is -0.379 e. The summed E-state index contributed by atoms with van der Waals surface area (Å²) in [6.45, 7) is 6.19. The van der Waals surface area contributed by atoms with Crippen LogP contribution >= 0.6 is 15.9 Å². The van der Waals surface area contributed by atoms with Crippen LogP contribution in [0.4, 0.5) is 5.69 Å². The maximum atomic E-state index is 8.98. The smallest absolute Gasteiger partial charge is 0.103 e. The van der Waals surface area contributed by atoms with Gasteiger partial charge >= 0.3 is 0 Å². The van der Waals surface area contributed by atoms with Crippen molar-refractivity contribution in [3.63, 3.8) is 0 Å². The van der Waals surface area contributed by atoms with Gasteiger partial charge in [0.1, 0.15) is 6.07 Å². The van der Waals surface area contributed by atoms with Gasteiger partial charge in [-0.15, -0.1) is 0 Å². The minimum atomic E-state index is -0.0353. The average molecular weight is 253 g/mol. The average Bonchev–Trinajstić information content (AvgIpc) is 2.01. The number of anilines is 1. The third-order valence-corrected chi connectivity index (χ3v) is 2.30. The van der Waals surface area contributed by atoms with Crippen molar-refractivity contribution < 1.29 is 0 Å². The molecule has 0 atom stereocenters. The molecule has 0 spiro atoms. The van der Waals surface area contributed by atoms with Crippen LogP contribution in [0, 0.1) is 11.3 Å². The maximum absolute atomic E-state index is 8.98. The number of hydrogen-bond donors (Lipinski definition) is 1. The number of hydrogen-bond acceptors (Lipinski definition) is 2. The highest BCUT2D eigenvalue weighted by molar-refractivity contribution is 9.10. The van der Waals surface area contributed by atoms with E-state index in [2.05, 4.69) is 48.1 Å². The summed E-state index contributed by atoms with van der Waals surface area (Å²) in [5.41, 5.74) is 1.49. The van der Waals surface area contributed by atoms with Crippen LogP contribution in [0.25, 0.3) is 0 Å². The lowest BCUT2D eigenvalue weighted by atomic mass is 10.1.